The van der Waals surface area contributed by atoms with Crippen molar-refractivity contribution in [3.8, 4) is 0 Å². The van der Waals surface area contributed by atoms with Crippen molar-refractivity contribution in [1.82, 2.24) is 0 Å². The van der Waals surface area contributed by atoms with E-state index in [0.717, 1.165) is 17.9 Å². The topological polar surface area (TPSA) is 0 Å². The molecule has 0 spiro atoms. The summed E-state index contributed by atoms with van der Waals surface area (Å²) in [5, 5.41) is 2.93. The maximum absolute atomic E-state index is 6.19. The standard InChI is InChI=1S/C14H13BrCl2S/c15-12-5-6-18-14(12)8-10(9-16)7-11-3-1-2-4-13(11)17/h1-6,10H,7-9H2. The van der Waals surface area contributed by atoms with Gasteiger partial charge in [0, 0.05) is 20.3 Å². The second kappa shape index (κ2) is 6.95. The molecule has 0 radical (unpaired) electrons. The molecular formula is C14H13BrCl2S. The third-order valence-corrected chi connectivity index (χ3v) is 5.60. The lowest BCUT2D eigenvalue weighted by molar-refractivity contribution is 0.588. The van der Waals surface area contributed by atoms with E-state index in [1.807, 2.05) is 18.2 Å². The Labute approximate surface area is 130 Å². The number of benzene rings is 1. The van der Waals surface area contributed by atoms with E-state index in [4.69, 9.17) is 23.2 Å². The van der Waals surface area contributed by atoms with Crippen LogP contribution in [0.25, 0.3) is 0 Å². The molecule has 2 rings (SSSR count). The number of halogens is 3. The molecule has 0 saturated heterocycles. The molecule has 96 valence electrons. The number of rotatable bonds is 5. The molecule has 0 nitrogen and oxygen atoms in total. The van der Waals surface area contributed by atoms with Crippen LogP contribution in [-0.4, -0.2) is 5.88 Å². The molecule has 1 unspecified atom stereocenters. The van der Waals surface area contributed by atoms with Crippen molar-refractivity contribution in [2.24, 2.45) is 5.92 Å². The summed E-state index contributed by atoms with van der Waals surface area (Å²) in [6.07, 6.45) is 1.92. The molecule has 0 N–H and O–H groups in total. The van der Waals surface area contributed by atoms with Gasteiger partial charge in [0.05, 0.1) is 0 Å². The second-order valence-electron chi connectivity index (χ2n) is 4.21. The normalized spacial score (nSPS) is 12.6. The lowest BCUT2D eigenvalue weighted by atomic mass is 9.97. The summed E-state index contributed by atoms with van der Waals surface area (Å²) in [4.78, 5) is 1.35. The van der Waals surface area contributed by atoms with E-state index < -0.39 is 0 Å². The van der Waals surface area contributed by atoms with Gasteiger partial charge >= 0.3 is 0 Å². The Kier molecular flexibility index (Phi) is 5.56. The van der Waals surface area contributed by atoms with Crippen LogP contribution in [0, 0.1) is 5.92 Å². The van der Waals surface area contributed by atoms with Gasteiger partial charge < -0.3 is 0 Å². The Morgan fingerprint density at radius 1 is 1.17 bits per heavy atom. The highest BCUT2D eigenvalue weighted by atomic mass is 79.9. The van der Waals surface area contributed by atoms with Crippen molar-refractivity contribution >= 4 is 50.5 Å². The van der Waals surface area contributed by atoms with Crippen molar-refractivity contribution in [2.45, 2.75) is 12.8 Å². The van der Waals surface area contributed by atoms with Gasteiger partial charge in [-0.2, -0.15) is 0 Å². The van der Waals surface area contributed by atoms with E-state index >= 15 is 0 Å². The summed E-state index contributed by atoms with van der Waals surface area (Å²) in [5.74, 6) is 1.07. The molecule has 0 aliphatic rings. The average Bonchev–Trinajstić information content (AvgIpc) is 2.77. The number of hydrogen-bond acceptors (Lipinski definition) is 1. The fraction of sp³-hybridized carbons (Fsp3) is 0.286. The zero-order chi connectivity index (χ0) is 13.0. The van der Waals surface area contributed by atoms with Gasteiger partial charge in [-0.3, -0.25) is 0 Å². The molecule has 1 atom stereocenters. The molecule has 0 aliphatic heterocycles. The highest BCUT2D eigenvalue weighted by molar-refractivity contribution is 9.10. The van der Waals surface area contributed by atoms with Crippen molar-refractivity contribution in [3.05, 3.63) is 55.6 Å². The van der Waals surface area contributed by atoms with Gasteiger partial charge in [0.25, 0.3) is 0 Å². The Balaban J connectivity index is 2.06. The van der Waals surface area contributed by atoms with Gasteiger partial charge in [0.2, 0.25) is 0 Å². The highest BCUT2D eigenvalue weighted by Gasteiger charge is 2.14. The van der Waals surface area contributed by atoms with Crippen LogP contribution in [0.15, 0.2) is 40.2 Å². The molecule has 2 aromatic rings. The van der Waals surface area contributed by atoms with E-state index in [1.54, 1.807) is 11.3 Å². The first kappa shape index (κ1) is 14.4. The molecule has 0 saturated carbocycles. The summed E-state index contributed by atoms with van der Waals surface area (Å²) in [6, 6.07) is 10.1. The maximum Gasteiger partial charge on any atom is 0.0438 e. The Morgan fingerprint density at radius 3 is 2.56 bits per heavy atom. The van der Waals surface area contributed by atoms with Crippen LogP contribution in [-0.2, 0) is 12.8 Å². The molecule has 1 aromatic carbocycles. The minimum atomic E-state index is 0.418. The monoisotopic (exact) mass is 362 g/mol. The van der Waals surface area contributed by atoms with Crippen LogP contribution in [0.4, 0.5) is 0 Å². The van der Waals surface area contributed by atoms with Crippen molar-refractivity contribution in [1.29, 1.82) is 0 Å². The molecule has 4 heteroatoms. The third kappa shape index (κ3) is 3.74. The molecule has 0 amide bonds. The fourth-order valence-corrected chi connectivity index (χ4v) is 3.95. The molecule has 1 heterocycles. The number of alkyl halides is 1. The predicted octanol–water partition coefficient (Wildman–Crippen LogP) is 5.80. The Hall–Kier alpha value is -0.0200. The summed E-state index contributed by atoms with van der Waals surface area (Å²) in [6.45, 7) is 0. The first-order chi connectivity index (χ1) is 8.70. The maximum atomic E-state index is 6.19. The number of hydrogen-bond donors (Lipinski definition) is 0. The van der Waals surface area contributed by atoms with Gasteiger partial charge in [-0.15, -0.1) is 22.9 Å². The largest absolute Gasteiger partial charge is 0.148 e. The first-order valence-electron chi connectivity index (χ1n) is 5.72. The van der Waals surface area contributed by atoms with Crippen LogP contribution in [0.5, 0.6) is 0 Å². The van der Waals surface area contributed by atoms with Gasteiger partial charge in [-0.1, -0.05) is 29.8 Å². The van der Waals surface area contributed by atoms with Crippen LogP contribution in [0.3, 0.4) is 0 Å². The quantitative estimate of drug-likeness (QED) is 0.588. The summed E-state index contributed by atoms with van der Waals surface area (Å²) in [7, 11) is 0. The van der Waals surface area contributed by atoms with E-state index in [2.05, 4.69) is 33.4 Å². The molecule has 0 fully saturated rings. The fourth-order valence-electron chi connectivity index (χ4n) is 1.89. The lowest BCUT2D eigenvalue weighted by Gasteiger charge is -2.14. The first-order valence-corrected chi connectivity index (χ1v) is 8.30. The van der Waals surface area contributed by atoms with Crippen molar-refractivity contribution < 1.29 is 0 Å². The minimum Gasteiger partial charge on any atom is -0.148 e. The number of thiophene rings is 1. The minimum absolute atomic E-state index is 0.418. The van der Waals surface area contributed by atoms with E-state index in [0.29, 0.717) is 11.8 Å². The second-order valence-corrected chi connectivity index (χ2v) is 6.78. The van der Waals surface area contributed by atoms with Crippen molar-refractivity contribution in [2.75, 3.05) is 5.88 Å². The third-order valence-electron chi connectivity index (χ3n) is 2.85. The van der Waals surface area contributed by atoms with Crippen LogP contribution in [0.2, 0.25) is 5.02 Å². The zero-order valence-corrected chi connectivity index (χ0v) is 13.6. The van der Waals surface area contributed by atoms with Crippen molar-refractivity contribution in [3.63, 3.8) is 0 Å². The van der Waals surface area contributed by atoms with Crippen LogP contribution < -0.4 is 0 Å². The Bertz CT molecular complexity index is 510. The smallest absolute Gasteiger partial charge is 0.0438 e. The van der Waals surface area contributed by atoms with Gasteiger partial charge in [0.15, 0.2) is 0 Å². The summed E-state index contributed by atoms with van der Waals surface area (Å²) < 4.78 is 1.18. The Morgan fingerprint density at radius 2 is 1.94 bits per heavy atom. The van der Waals surface area contributed by atoms with E-state index in [-0.39, 0.29) is 0 Å². The SMILES string of the molecule is ClCC(Cc1ccccc1Cl)Cc1sccc1Br. The van der Waals surface area contributed by atoms with Gasteiger partial charge in [-0.05, 0) is 57.8 Å². The van der Waals surface area contributed by atoms with E-state index in [1.165, 1.54) is 14.9 Å². The van der Waals surface area contributed by atoms with Crippen LogP contribution >= 0.6 is 50.5 Å². The average molecular weight is 364 g/mol. The summed E-state index contributed by atoms with van der Waals surface area (Å²) in [5.41, 5.74) is 1.18. The molecule has 0 bridgehead atoms. The summed E-state index contributed by atoms with van der Waals surface area (Å²) >= 11 is 17.6. The predicted molar refractivity (Wildman–Crippen MR) is 85.1 cm³/mol. The van der Waals surface area contributed by atoms with E-state index in [9.17, 15) is 0 Å². The molecule has 1 aromatic heterocycles. The lowest BCUT2D eigenvalue weighted by Crippen LogP contribution is -2.10. The van der Waals surface area contributed by atoms with Gasteiger partial charge in [0.1, 0.15) is 0 Å². The van der Waals surface area contributed by atoms with Crippen LogP contribution in [0.1, 0.15) is 10.4 Å². The molecular weight excluding hydrogens is 351 g/mol. The molecule has 18 heavy (non-hydrogen) atoms. The highest BCUT2D eigenvalue weighted by Crippen LogP contribution is 2.28. The molecule has 0 aliphatic carbocycles. The zero-order valence-electron chi connectivity index (χ0n) is 9.70. The van der Waals surface area contributed by atoms with Gasteiger partial charge in [-0.25, -0.2) is 0 Å².